The smallest absolute Gasteiger partial charge is 0.336 e. The van der Waals surface area contributed by atoms with Gasteiger partial charge in [0.05, 0.1) is 21.2 Å². The minimum atomic E-state index is -1.10. The van der Waals surface area contributed by atoms with E-state index in [1.807, 2.05) is 0 Å². The number of carbonyl (C=O) groups excluding carboxylic acids is 2. The van der Waals surface area contributed by atoms with Crippen molar-refractivity contribution < 1.29 is 19.5 Å². The molecule has 2 aromatic carbocycles. The number of carbonyl (C=O) groups is 3. The Balaban J connectivity index is 2.01. The standard InChI is InChI=1S/C17H10ClNO4S/c18-12-7-3-4-8-13(12)19-15(20)14(24-17(19)23)9-10-5-1-2-6-11(10)16(21)22/h1-9H,(H,21,22)/b14-9+. The number of nitrogens with zero attached hydrogens (tertiary/aromatic N) is 1. The van der Waals surface area contributed by atoms with Crippen molar-refractivity contribution in [1.82, 2.24) is 0 Å². The number of carboxylic acids is 1. The Morgan fingerprint density at radius 3 is 2.46 bits per heavy atom. The number of hydrogen-bond donors (Lipinski definition) is 1. The van der Waals surface area contributed by atoms with Crippen LogP contribution in [0.5, 0.6) is 0 Å². The second-order valence-electron chi connectivity index (χ2n) is 4.86. The molecule has 0 aliphatic carbocycles. The van der Waals surface area contributed by atoms with Crippen LogP contribution in [0.25, 0.3) is 6.08 Å². The number of amides is 2. The van der Waals surface area contributed by atoms with Gasteiger partial charge < -0.3 is 5.11 Å². The first-order chi connectivity index (χ1) is 11.5. The highest BCUT2D eigenvalue weighted by atomic mass is 35.5. The number of imide groups is 1. The molecule has 0 unspecified atom stereocenters. The van der Waals surface area contributed by atoms with Crippen molar-refractivity contribution in [3.63, 3.8) is 0 Å². The molecule has 0 radical (unpaired) electrons. The fourth-order valence-electron chi connectivity index (χ4n) is 2.27. The normalized spacial score (nSPS) is 16.0. The van der Waals surface area contributed by atoms with Gasteiger partial charge in [-0.25, -0.2) is 9.69 Å². The van der Waals surface area contributed by atoms with Gasteiger partial charge in [0.2, 0.25) is 0 Å². The molecular weight excluding hydrogens is 350 g/mol. The third kappa shape index (κ3) is 2.93. The fourth-order valence-corrected chi connectivity index (χ4v) is 3.31. The van der Waals surface area contributed by atoms with Crippen LogP contribution in [0.1, 0.15) is 15.9 Å². The Morgan fingerprint density at radius 2 is 1.75 bits per heavy atom. The lowest BCUT2D eigenvalue weighted by Gasteiger charge is -2.13. The maximum absolute atomic E-state index is 12.6. The van der Waals surface area contributed by atoms with Gasteiger partial charge in [-0.2, -0.15) is 0 Å². The lowest BCUT2D eigenvalue weighted by Crippen LogP contribution is -2.27. The lowest BCUT2D eigenvalue weighted by atomic mass is 10.1. The predicted octanol–water partition coefficient (Wildman–Crippen LogP) is 4.28. The minimum absolute atomic E-state index is 0.0574. The molecule has 2 aromatic rings. The summed E-state index contributed by atoms with van der Waals surface area (Å²) in [5, 5.41) is 9.01. The van der Waals surface area contributed by atoms with Crippen molar-refractivity contribution >= 4 is 52.2 Å². The number of carboxylic acid groups (broad SMARTS) is 1. The summed E-state index contributed by atoms with van der Waals surface area (Å²) in [6.07, 6.45) is 1.41. The van der Waals surface area contributed by atoms with Crippen LogP contribution in [0.4, 0.5) is 10.5 Å². The zero-order chi connectivity index (χ0) is 17.3. The fraction of sp³-hybridized carbons (Fsp3) is 0. The lowest BCUT2D eigenvalue weighted by molar-refractivity contribution is -0.113. The topological polar surface area (TPSA) is 74.7 Å². The summed E-state index contributed by atoms with van der Waals surface area (Å²) in [5.41, 5.74) is 0.716. The molecule has 0 aromatic heterocycles. The molecule has 0 atom stereocenters. The van der Waals surface area contributed by atoms with E-state index in [1.165, 1.54) is 12.1 Å². The quantitative estimate of drug-likeness (QED) is 0.828. The molecule has 120 valence electrons. The van der Waals surface area contributed by atoms with E-state index in [9.17, 15) is 19.5 Å². The van der Waals surface area contributed by atoms with Crippen LogP contribution < -0.4 is 4.90 Å². The number of aromatic carboxylic acids is 1. The first-order valence-electron chi connectivity index (χ1n) is 6.84. The maximum Gasteiger partial charge on any atom is 0.336 e. The van der Waals surface area contributed by atoms with Crippen LogP contribution >= 0.6 is 23.4 Å². The highest BCUT2D eigenvalue weighted by Crippen LogP contribution is 2.38. The molecule has 1 N–H and O–H groups in total. The van der Waals surface area contributed by atoms with Crippen molar-refractivity contribution in [2.45, 2.75) is 0 Å². The van der Waals surface area contributed by atoms with E-state index >= 15 is 0 Å². The van der Waals surface area contributed by atoms with Crippen LogP contribution in [-0.4, -0.2) is 22.2 Å². The molecule has 0 saturated carbocycles. The summed E-state index contributed by atoms with van der Waals surface area (Å²) in [4.78, 5) is 37.2. The first kappa shape index (κ1) is 16.3. The molecule has 1 heterocycles. The van der Waals surface area contributed by atoms with Crippen molar-refractivity contribution in [2.24, 2.45) is 0 Å². The Kier molecular flexibility index (Phi) is 4.42. The summed E-state index contributed by atoms with van der Waals surface area (Å²) in [5.74, 6) is -1.63. The van der Waals surface area contributed by atoms with Crippen molar-refractivity contribution in [1.29, 1.82) is 0 Å². The number of benzene rings is 2. The van der Waals surface area contributed by atoms with E-state index in [-0.39, 0.29) is 15.5 Å². The first-order valence-corrected chi connectivity index (χ1v) is 8.03. The summed E-state index contributed by atoms with van der Waals surface area (Å²) in [7, 11) is 0. The third-order valence-electron chi connectivity index (χ3n) is 3.36. The summed E-state index contributed by atoms with van der Waals surface area (Å²) < 4.78 is 0. The molecule has 5 nitrogen and oxygen atoms in total. The number of thioether (sulfide) groups is 1. The second-order valence-corrected chi connectivity index (χ2v) is 6.26. The number of anilines is 1. The van der Waals surface area contributed by atoms with E-state index in [0.717, 1.165) is 16.7 Å². The SMILES string of the molecule is O=C(O)c1ccccc1/C=C1/SC(=O)N(c2ccccc2Cl)C1=O. The van der Waals surface area contributed by atoms with Crippen LogP contribution in [0.2, 0.25) is 5.02 Å². The predicted molar refractivity (Wildman–Crippen MR) is 93.3 cm³/mol. The summed E-state index contributed by atoms with van der Waals surface area (Å²) in [6, 6.07) is 12.8. The number of rotatable bonds is 3. The van der Waals surface area contributed by atoms with Crippen LogP contribution in [0.15, 0.2) is 53.4 Å². The van der Waals surface area contributed by atoms with Gasteiger partial charge in [-0.3, -0.25) is 9.59 Å². The molecule has 1 saturated heterocycles. The molecule has 0 bridgehead atoms. The molecular formula is C17H10ClNO4S. The van der Waals surface area contributed by atoms with Gasteiger partial charge in [0.1, 0.15) is 0 Å². The molecule has 7 heteroatoms. The average molecular weight is 360 g/mol. The van der Waals surface area contributed by atoms with E-state index in [4.69, 9.17) is 11.6 Å². The zero-order valence-electron chi connectivity index (χ0n) is 12.1. The molecule has 24 heavy (non-hydrogen) atoms. The Labute approximate surface area is 146 Å². The third-order valence-corrected chi connectivity index (χ3v) is 4.55. The molecule has 0 spiro atoms. The van der Waals surface area contributed by atoms with Gasteiger partial charge in [-0.1, -0.05) is 41.9 Å². The van der Waals surface area contributed by atoms with Crippen molar-refractivity contribution in [3.05, 3.63) is 69.6 Å². The van der Waals surface area contributed by atoms with Crippen molar-refractivity contribution in [2.75, 3.05) is 4.90 Å². The van der Waals surface area contributed by atoms with Gasteiger partial charge in [0, 0.05) is 0 Å². The van der Waals surface area contributed by atoms with Gasteiger partial charge >= 0.3 is 5.97 Å². The largest absolute Gasteiger partial charge is 0.478 e. The molecule has 3 rings (SSSR count). The monoisotopic (exact) mass is 359 g/mol. The Morgan fingerprint density at radius 1 is 1.08 bits per heavy atom. The molecule has 1 aliphatic rings. The zero-order valence-corrected chi connectivity index (χ0v) is 13.7. The molecule has 1 fully saturated rings. The van der Waals surface area contributed by atoms with Crippen LogP contribution in [0.3, 0.4) is 0 Å². The highest BCUT2D eigenvalue weighted by Gasteiger charge is 2.37. The molecule has 1 aliphatic heterocycles. The van der Waals surface area contributed by atoms with Gasteiger partial charge in [-0.15, -0.1) is 0 Å². The Hall–Kier alpha value is -2.57. The highest BCUT2D eigenvalue weighted by molar-refractivity contribution is 8.19. The van der Waals surface area contributed by atoms with E-state index in [0.29, 0.717) is 11.3 Å². The maximum atomic E-state index is 12.6. The minimum Gasteiger partial charge on any atom is -0.478 e. The Bertz CT molecular complexity index is 894. The summed E-state index contributed by atoms with van der Waals surface area (Å²) in [6.45, 7) is 0. The van der Waals surface area contributed by atoms with Crippen LogP contribution in [-0.2, 0) is 4.79 Å². The van der Waals surface area contributed by atoms with Crippen molar-refractivity contribution in [3.8, 4) is 0 Å². The van der Waals surface area contributed by atoms with Gasteiger partial charge in [0.15, 0.2) is 0 Å². The van der Waals surface area contributed by atoms with Gasteiger partial charge in [-0.05, 0) is 41.6 Å². The van der Waals surface area contributed by atoms with E-state index in [1.54, 1.807) is 42.5 Å². The number of para-hydroxylation sites is 1. The van der Waals surface area contributed by atoms with Crippen LogP contribution in [0, 0.1) is 0 Å². The molecule has 2 amide bonds. The van der Waals surface area contributed by atoms with Gasteiger partial charge in [0.25, 0.3) is 11.1 Å². The number of halogens is 1. The summed E-state index contributed by atoms with van der Waals surface area (Å²) >= 11 is 6.80. The second kappa shape index (κ2) is 6.51. The average Bonchev–Trinajstić information content (AvgIpc) is 2.82. The van der Waals surface area contributed by atoms with E-state index < -0.39 is 17.1 Å². The number of hydrogen-bond acceptors (Lipinski definition) is 4. The van der Waals surface area contributed by atoms with E-state index in [2.05, 4.69) is 0 Å².